The van der Waals surface area contributed by atoms with Gasteiger partial charge in [-0.2, -0.15) is 0 Å². The van der Waals surface area contributed by atoms with Gasteiger partial charge in [0.2, 0.25) is 5.91 Å². The molecule has 0 aromatic heterocycles. The van der Waals surface area contributed by atoms with Gasteiger partial charge in [0.05, 0.1) is 10.4 Å². The first-order valence-electron chi connectivity index (χ1n) is 7.13. The molecule has 6 heteroatoms. The Morgan fingerprint density at radius 3 is 2.52 bits per heavy atom. The van der Waals surface area contributed by atoms with E-state index in [-0.39, 0.29) is 10.9 Å². The van der Waals surface area contributed by atoms with Crippen molar-refractivity contribution in [2.45, 2.75) is 25.7 Å². The van der Waals surface area contributed by atoms with Crippen molar-refractivity contribution in [2.24, 2.45) is 11.1 Å². The largest absolute Gasteiger partial charge is 0.486 e. The molecule has 1 heterocycles. The maximum absolute atomic E-state index is 12.6. The van der Waals surface area contributed by atoms with E-state index in [0.29, 0.717) is 30.4 Å². The zero-order valence-corrected chi connectivity index (χ0v) is 12.5. The first-order valence-corrected chi connectivity index (χ1v) is 7.54. The minimum atomic E-state index is -0.706. The van der Waals surface area contributed by atoms with Crippen molar-refractivity contribution < 1.29 is 14.3 Å². The van der Waals surface area contributed by atoms with E-state index in [1.54, 1.807) is 18.2 Å². The number of fused-ring (bicyclic) bond motifs is 1. The molecular formula is C15H18N2O3S. The molecule has 0 atom stereocenters. The SMILES string of the molecule is NC(=S)C1(C(=O)Nc2ccc3c(c2)OCCO3)CCCC1. The van der Waals surface area contributed by atoms with Gasteiger partial charge in [0.25, 0.3) is 0 Å². The lowest BCUT2D eigenvalue weighted by Gasteiger charge is -2.26. The van der Waals surface area contributed by atoms with Gasteiger partial charge in [0, 0.05) is 11.8 Å². The van der Waals surface area contributed by atoms with Gasteiger partial charge >= 0.3 is 0 Å². The van der Waals surface area contributed by atoms with E-state index in [1.807, 2.05) is 0 Å². The molecular weight excluding hydrogens is 288 g/mol. The van der Waals surface area contributed by atoms with E-state index >= 15 is 0 Å². The summed E-state index contributed by atoms with van der Waals surface area (Å²) in [5, 5.41) is 2.91. The molecule has 21 heavy (non-hydrogen) atoms. The van der Waals surface area contributed by atoms with Crippen LogP contribution in [0.5, 0.6) is 11.5 Å². The molecule has 1 fully saturated rings. The molecule has 0 spiro atoms. The van der Waals surface area contributed by atoms with Crippen molar-refractivity contribution in [3.63, 3.8) is 0 Å². The van der Waals surface area contributed by atoms with Gasteiger partial charge in [0.1, 0.15) is 13.2 Å². The summed E-state index contributed by atoms with van der Waals surface area (Å²) < 4.78 is 11.0. The van der Waals surface area contributed by atoms with Crippen molar-refractivity contribution >= 4 is 28.8 Å². The fourth-order valence-electron chi connectivity index (χ4n) is 2.94. The predicted molar refractivity (Wildman–Crippen MR) is 83.7 cm³/mol. The van der Waals surface area contributed by atoms with Crippen LogP contribution in [0.4, 0.5) is 5.69 Å². The number of anilines is 1. The highest BCUT2D eigenvalue weighted by Gasteiger charge is 2.44. The molecule has 2 aliphatic rings. The number of nitrogens with one attached hydrogen (secondary N) is 1. The van der Waals surface area contributed by atoms with E-state index in [4.69, 9.17) is 27.4 Å². The maximum Gasteiger partial charge on any atom is 0.237 e. The lowest BCUT2D eigenvalue weighted by atomic mass is 9.85. The Morgan fingerprint density at radius 2 is 1.86 bits per heavy atom. The third-order valence-corrected chi connectivity index (χ3v) is 4.55. The number of rotatable bonds is 3. The smallest absolute Gasteiger partial charge is 0.237 e. The standard InChI is InChI=1S/C15H18N2O3S/c16-13(21)15(5-1-2-6-15)14(18)17-10-3-4-11-12(9-10)20-8-7-19-11/h3-4,9H,1-2,5-8H2,(H2,16,21)(H,17,18). The van der Waals surface area contributed by atoms with Crippen LogP contribution in [0.15, 0.2) is 18.2 Å². The summed E-state index contributed by atoms with van der Waals surface area (Å²) in [6.45, 7) is 1.06. The molecule has 1 aromatic carbocycles. The summed E-state index contributed by atoms with van der Waals surface area (Å²) in [5.74, 6) is 1.23. The second-order valence-electron chi connectivity index (χ2n) is 5.47. The molecule has 5 nitrogen and oxygen atoms in total. The Hall–Kier alpha value is -1.82. The second-order valence-corrected chi connectivity index (χ2v) is 5.91. The maximum atomic E-state index is 12.6. The van der Waals surface area contributed by atoms with Crippen molar-refractivity contribution in [3.05, 3.63) is 18.2 Å². The van der Waals surface area contributed by atoms with Crippen LogP contribution in [-0.4, -0.2) is 24.1 Å². The quantitative estimate of drug-likeness (QED) is 0.838. The molecule has 0 saturated heterocycles. The normalized spacial score (nSPS) is 19.0. The predicted octanol–water partition coefficient (Wildman–Crippen LogP) is 2.24. The van der Waals surface area contributed by atoms with Gasteiger partial charge in [0.15, 0.2) is 11.5 Å². The third kappa shape index (κ3) is 2.55. The number of hydrogen-bond acceptors (Lipinski definition) is 4. The summed E-state index contributed by atoms with van der Waals surface area (Å²) in [7, 11) is 0. The number of carbonyl (C=O) groups excluding carboxylic acids is 1. The molecule has 112 valence electrons. The van der Waals surface area contributed by atoms with Crippen LogP contribution in [0.1, 0.15) is 25.7 Å². The Balaban J connectivity index is 1.79. The highest BCUT2D eigenvalue weighted by atomic mass is 32.1. The molecule has 1 saturated carbocycles. The molecule has 1 aliphatic heterocycles. The fourth-order valence-corrected chi connectivity index (χ4v) is 3.23. The average Bonchev–Trinajstić information content (AvgIpc) is 2.98. The number of benzene rings is 1. The van der Waals surface area contributed by atoms with Gasteiger partial charge < -0.3 is 20.5 Å². The monoisotopic (exact) mass is 306 g/mol. The molecule has 0 bridgehead atoms. The summed E-state index contributed by atoms with van der Waals surface area (Å²) >= 11 is 5.13. The van der Waals surface area contributed by atoms with E-state index in [1.165, 1.54) is 0 Å². The number of amides is 1. The summed E-state index contributed by atoms with van der Waals surface area (Å²) in [6.07, 6.45) is 3.40. The third-order valence-electron chi connectivity index (χ3n) is 4.16. The van der Waals surface area contributed by atoms with E-state index in [9.17, 15) is 4.79 Å². The van der Waals surface area contributed by atoms with Crippen LogP contribution in [0, 0.1) is 5.41 Å². The zero-order valence-electron chi connectivity index (χ0n) is 11.7. The lowest BCUT2D eigenvalue weighted by Crippen LogP contribution is -2.43. The Bertz CT molecular complexity index is 582. The van der Waals surface area contributed by atoms with E-state index in [0.717, 1.165) is 25.7 Å². The second kappa shape index (κ2) is 5.52. The highest BCUT2D eigenvalue weighted by Crippen LogP contribution is 2.40. The number of nitrogens with two attached hydrogens (primary N) is 1. The molecule has 0 unspecified atom stereocenters. The number of thiocarbonyl (C=S) groups is 1. The molecule has 3 N–H and O–H groups in total. The van der Waals surface area contributed by atoms with Gasteiger partial charge in [-0.25, -0.2) is 0 Å². The summed E-state index contributed by atoms with van der Waals surface area (Å²) in [5.41, 5.74) is 5.79. The first-order chi connectivity index (χ1) is 10.1. The van der Waals surface area contributed by atoms with Crippen molar-refractivity contribution in [1.82, 2.24) is 0 Å². The number of hydrogen-bond donors (Lipinski definition) is 2. The summed E-state index contributed by atoms with van der Waals surface area (Å²) in [4.78, 5) is 12.9. The van der Waals surface area contributed by atoms with Crippen molar-refractivity contribution in [2.75, 3.05) is 18.5 Å². The van der Waals surface area contributed by atoms with Crippen LogP contribution < -0.4 is 20.5 Å². The van der Waals surface area contributed by atoms with Crippen molar-refractivity contribution in [1.29, 1.82) is 0 Å². The van der Waals surface area contributed by atoms with E-state index < -0.39 is 5.41 Å². The molecule has 1 aromatic rings. The molecule has 0 radical (unpaired) electrons. The Morgan fingerprint density at radius 1 is 1.19 bits per heavy atom. The summed E-state index contributed by atoms with van der Waals surface area (Å²) in [6, 6.07) is 5.37. The average molecular weight is 306 g/mol. The molecule has 1 amide bonds. The van der Waals surface area contributed by atoms with Gasteiger partial charge in [-0.05, 0) is 25.0 Å². The van der Waals surface area contributed by atoms with Gasteiger partial charge in [-0.1, -0.05) is 25.1 Å². The minimum Gasteiger partial charge on any atom is -0.486 e. The topological polar surface area (TPSA) is 73.6 Å². The minimum absolute atomic E-state index is 0.121. The van der Waals surface area contributed by atoms with Crippen LogP contribution in [0.25, 0.3) is 0 Å². The number of ether oxygens (including phenoxy) is 2. The van der Waals surface area contributed by atoms with Crippen LogP contribution in [0.3, 0.4) is 0 Å². The van der Waals surface area contributed by atoms with Gasteiger partial charge in [-0.3, -0.25) is 4.79 Å². The number of carbonyl (C=O) groups is 1. The lowest BCUT2D eigenvalue weighted by molar-refractivity contribution is -0.122. The van der Waals surface area contributed by atoms with Crippen LogP contribution >= 0.6 is 12.2 Å². The Kier molecular flexibility index (Phi) is 3.71. The highest BCUT2D eigenvalue weighted by molar-refractivity contribution is 7.80. The van der Waals surface area contributed by atoms with Crippen molar-refractivity contribution in [3.8, 4) is 11.5 Å². The molecule has 3 rings (SSSR count). The van der Waals surface area contributed by atoms with Crippen LogP contribution in [0.2, 0.25) is 0 Å². The van der Waals surface area contributed by atoms with Gasteiger partial charge in [-0.15, -0.1) is 0 Å². The van der Waals surface area contributed by atoms with Crippen LogP contribution in [-0.2, 0) is 4.79 Å². The molecule has 1 aliphatic carbocycles. The van der Waals surface area contributed by atoms with E-state index in [2.05, 4.69) is 5.32 Å². The Labute approximate surface area is 128 Å². The fraction of sp³-hybridized carbons (Fsp3) is 0.467. The zero-order chi connectivity index (χ0) is 14.9. The first kappa shape index (κ1) is 14.1.